The van der Waals surface area contributed by atoms with Gasteiger partial charge in [0, 0.05) is 11.6 Å². The van der Waals surface area contributed by atoms with Crippen molar-refractivity contribution in [2.45, 2.75) is 57.9 Å². The third kappa shape index (κ3) is 4.32. The molecule has 0 saturated heterocycles. The van der Waals surface area contributed by atoms with Gasteiger partial charge in [-0.05, 0) is 30.7 Å². The Kier molecular flexibility index (Phi) is 5.42. The van der Waals surface area contributed by atoms with Gasteiger partial charge in [0.1, 0.15) is 0 Å². The number of aryl methyl sites for hydroxylation is 1. The van der Waals surface area contributed by atoms with Gasteiger partial charge in [-0.25, -0.2) is 4.98 Å². The highest BCUT2D eigenvalue weighted by Gasteiger charge is 2.15. The van der Waals surface area contributed by atoms with Crippen molar-refractivity contribution in [3.63, 3.8) is 0 Å². The van der Waals surface area contributed by atoms with Crippen LogP contribution < -0.4 is 5.32 Å². The van der Waals surface area contributed by atoms with Crippen LogP contribution in [0.3, 0.4) is 0 Å². The van der Waals surface area contributed by atoms with Crippen LogP contribution in [0.4, 0.5) is 5.95 Å². The standard InChI is InChI=1S/C21H25N5O/c1-2-18-12-19(27-26-18)13-22-21-24-20(14-23-25-21)17-10-8-16(9-11-17)15-6-4-3-5-7-15/h8-12,14-15H,2-7,13H2,1H3,(H,22,24,25). The van der Waals surface area contributed by atoms with E-state index >= 15 is 0 Å². The molecule has 6 nitrogen and oxygen atoms in total. The predicted octanol–water partition coefficient (Wildman–Crippen LogP) is 4.75. The van der Waals surface area contributed by atoms with Gasteiger partial charge >= 0.3 is 0 Å². The quantitative estimate of drug-likeness (QED) is 0.681. The Hall–Kier alpha value is -2.76. The SMILES string of the molecule is CCc1cc(CNc2nncc(-c3ccc(C4CCCCC4)cc3)n2)on1. The minimum atomic E-state index is 0.485. The van der Waals surface area contributed by atoms with E-state index in [0.29, 0.717) is 18.4 Å². The molecule has 1 aliphatic rings. The molecule has 0 spiro atoms. The number of rotatable bonds is 6. The van der Waals surface area contributed by atoms with Gasteiger partial charge in [-0.15, -0.1) is 5.10 Å². The van der Waals surface area contributed by atoms with Gasteiger partial charge in [0.15, 0.2) is 5.76 Å². The molecule has 1 saturated carbocycles. The number of nitrogens with zero attached hydrogens (tertiary/aromatic N) is 4. The molecule has 0 aliphatic heterocycles. The van der Waals surface area contributed by atoms with Crippen molar-refractivity contribution >= 4 is 5.95 Å². The lowest BCUT2D eigenvalue weighted by Crippen LogP contribution is -2.05. The summed E-state index contributed by atoms with van der Waals surface area (Å²) >= 11 is 0. The summed E-state index contributed by atoms with van der Waals surface area (Å²) in [6.07, 6.45) is 9.25. The molecule has 2 heterocycles. The van der Waals surface area contributed by atoms with E-state index in [4.69, 9.17) is 4.52 Å². The average molecular weight is 363 g/mol. The zero-order valence-electron chi connectivity index (χ0n) is 15.7. The van der Waals surface area contributed by atoms with Gasteiger partial charge in [-0.1, -0.05) is 55.6 Å². The van der Waals surface area contributed by atoms with E-state index in [1.54, 1.807) is 6.20 Å². The molecular formula is C21H25N5O. The molecule has 6 heteroatoms. The monoisotopic (exact) mass is 363 g/mol. The number of nitrogens with one attached hydrogen (secondary N) is 1. The van der Waals surface area contributed by atoms with Crippen LogP contribution in [0.15, 0.2) is 41.1 Å². The average Bonchev–Trinajstić information content (AvgIpc) is 3.21. The highest BCUT2D eigenvalue weighted by atomic mass is 16.5. The fourth-order valence-corrected chi connectivity index (χ4v) is 3.65. The van der Waals surface area contributed by atoms with E-state index in [-0.39, 0.29) is 0 Å². The van der Waals surface area contributed by atoms with E-state index in [9.17, 15) is 0 Å². The molecule has 27 heavy (non-hydrogen) atoms. The molecule has 0 atom stereocenters. The maximum atomic E-state index is 5.27. The van der Waals surface area contributed by atoms with E-state index in [1.807, 2.05) is 13.0 Å². The summed E-state index contributed by atoms with van der Waals surface area (Å²) in [5, 5.41) is 15.3. The van der Waals surface area contributed by atoms with Crippen molar-refractivity contribution in [3.05, 3.63) is 53.5 Å². The van der Waals surface area contributed by atoms with E-state index in [1.165, 1.54) is 37.7 Å². The van der Waals surface area contributed by atoms with Crippen LogP contribution in [0.25, 0.3) is 11.3 Å². The first-order valence-corrected chi connectivity index (χ1v) is 9.80. The Labute approximate surface area is 159 Å². The third-order valence-corrected chi connectivity index (χ3v) is 5.23. The number of hydrogen-bond donors (Lipinski definition) is 1. The highest BCUT2D eigenvalue weighted by molar-refractivity contribution is 5.59. The molecular weight excluding hydrogens is 338 g/mol. The Balaban J connectivity index is 1.43. The maximum Gasteiger partial charge on any atom is 0.243 e. The summed E-state index contributed by atoms with van der Waals surface area (Å²) in [6.45, 7) is 2.53. The zero-order chi connectivity index (χ0) is 18.5. The van der Waals surface area contributed by atoms with Gasteiger partial charge < -0.3 is 9.84 Å². The first-order valence-electron chi connectivity index (χ1n) is 9.80. The van der Waals surface area contributed by atoms with Gasteiger partial charge in [0.25, 0.3) is 0 Å². The maximum absolute atomic E-state index is 5.27. The summed E-state index contributed by atoms with van der Waals surface area (Å²) in [4.78, 5) is 4.58. The molecule has 0 bridgehead atoms. The summed E-state index contributed by atoms with van der Waals surface area (Å²) in [5.74, 6) is 1.96. The Morgan fingerprint density at radius 3 is 2.67 bits per heavy atom. The van der Waals surface area contributed by atoms with Crippen LogP contribution in [-0.4, -0.2) is 20.3 Å². The normalized spacial score (nSPS) is 15.0. The van der Waals surface area contributed by atoms with Crippen LogP contribution in [0.5, 0.6) is 0 Å². The first kappa shape index (κ1) is 17.6. The highest BCUT2D eigenvalue weighted by Crippen LogP contribution is 2.33. The first-order chi connectivity index (χ1) is 13.3. The summed E-state index contributed by atoms with van der Waals surface area (Å²) < 4.78 is 5.27. The summed E-state index contributed by atoms with van der Waals surface area (Å²) in [6, 6.07) is 10.7. The number of anilines is 1. The van der Waals surface area contributed by atoms with Gasteiger partial charge in [0.2, 0.25) is 5.95 Å². The summed E-state index contributed by atoms with van der Waals surface area (Å²) in [5.41, 5.74) is 4.25. The second-order valence-electron chi connectivity index (χ2n) is 7.11. The van der Waals surface area contributed by atoms with E-state index in [2.05, 4.69) is 49.9 Å². The van der Waals surface area contributed by atoms with Crippen LogP contribution in [0, 0.1) is 0 Å². The van der Waals surface area contributed by atoms with Gasteiger partial charge in [0.05, 0.1) is 24.1 Å². The minimum Gasteiger partial charge on any atom is -0.359 e. The molecule has 1 aromatic carbocycles. The Morgan fingerprint density at radius 1 is 1.11 bits per heavy atom. The Bertz CT molecular complexity index is 868. The molecule has 1 aliphatic carbocycles. The van der Waals surface area contributed by atoms with Gasteiger partial charge in [-0.2, -0.15) is 5.10 Å². The molecule has 0 amide bonds. The van der Waals surface area contributed by atoms with Crippen LogP contribution in [-0.2, 0) is 13.0 Å². The van der Waals surface area contributed by atoms with Crippen molar-refractivity contribution < 1.29 is 4.52 Å². The molecule has 0 unspecified atom stereocenters. The van der Waals surface area contributed by atoms with Crippen LogP contribution >= 0.6 is 0 Å². The molecule has 2 aromatic heterocycles. The molecule has 0 radical (unpaired) electrons. The second-order valence-corrected chi connectivity index (χ2v) is 7.11. The number of benzene rings is 1. The van der Waals surface area contributed by atoms with Crippen molar-refractivity contribution in [2.75, 3.05) is 5.32 Å². The lowest BCUT2D eigenvalue weighted by atomic mass is 9.84. The molecule has 3 aromatic rings. The molecule has 1 N–H and O–H groups in total. The third-order valence-electron chi connectivity index (χ3n) is 5.23. The fourth-order valence-electron chi connectivity index (χ4n) is 3.65. The fraction of sp³-hybridized carbons (Fsp3) is 0.429. The van der Waals surface area contributed by atoms with Gasteiger partial charge in [-0.3, -0.25) is 0 Å². The van der Waals surface area contributed by atoms with E-state index in [0.717, 1.165) is 29.1 Å². The van der Waals surface area contributed by atoms with Crippen molar-refractivity contribution in [3.8, 4) is 11.3 Å². The molecule has 1 fully saturated rings. The van der Waals surface area contributed by atoms with Crippen molar-refractivity contribution in [1.82, 2.24) is 20.3 Å². The topological polar surface area (TPSA) is 76.7 Å². The van der Waals surface area contributed by atoms with Crippen molar-refractivity contribution in [1.29, 1.82) is 0 Å². The Morgan fingerprint density at radius 2 is 1.93 bits per heavy atom. The lowest BCUT2D eigenvalue weighted by molar-refractivity contribution is 0.382. The van der Waals surface area contributed by atoms with E-state index < -0.39 is 0 Å². The largest absolute Gasteiger partial charge is 0.359 e. The summed E-state index contributed by atoms with van der Waals surface area (Å²) in [7, 11) is 0. The van der Waals surface area contributed by atoms with Crippen molar-refractivity contribution in [2.24, 2.45) is 0 Å². The van der Waals surface area contributed by atoms with Crippen LogP contribution in [0.1, 0.15) is 62.0 Å². The smallest absolute Gasteiger partial charge is 0.243 e. The lowest BCUT2D eigenvalue weighted by Gasteiger charge is -2.22. The predicted molar refractivity (Wildman–Crippen MR) is 104 cm³/mol. The zero-order valence-corrected chi connectivity index (χ0v) is 15.7. The minimum absolute atomic E-state index is 0.485. The second kappa shape index (κ2) is 8.29. The number of hydrogen-bond acceptors (Lipinski definition) is 6. The molecule has 140 valence electrons. The molecule has 4 rings (SSSR count). The number of aromatic nitrogens is 4. The van der Waals surface area contributed by atoms with Crippen LogP contribution in [0.2, 0.25) is 0 Å².